The Kier molecular flexibility index (Phi) is 3.74. The first-order valence-corrected chi connectivity index (χ1v) is 9.51. The highest BCUT2D eigenvalue weighted by molar-refractivity contribution is 8.76. The summed E-state index contributed by atoms with van der Waals surface area (Å²) < 4.78 is 17.9. The standard InChI is InChI=1S/C9H12N3O5PS2/c10-5-1-2-12(9(14)11-5)8-7-6(4(3-13)15-8)16-18(19,20)17-7/h1-2,4,6-8,13H,3H2,(H,19,20)(H2,10,11,14)/t4-,6-,7-,8-/m1/s1. The van der Waals surface area contributed by atoms with Crippen LogP contribution in [0.2, 0.25) is 0 Å². The average molecular weight is 337 g/mol. The Morgan fingerprint density at radius 2 is 2.25 bits per heavy atom. The molecule has 8 nitrogen and oxygen atoms in total. The summed E-state index contributed by atoms with van der Waals surface area (Å²) in [5, 5.41) is 9.33. The van der Waals surface area contributed by atoms with Gasteiger partial charge in [0.05, 0.1) is 6.61 Å². The van der Waals surface area contributed by atoms with Crippen LogP contribution in [0.25, 0.3) is 0 Å². The third kappa shape index (κ3) is 2.45. The van der Waals surface area contributed by atoms with E-state index >= 15 is 0 Å². The van der Waals surface area contributed by atoms with Gasteiger partial charge in [-0.3, -0.25) is 4.57 Å². The topological polar surface area (TPSA) is 109 Å². The van der Waals surface area contributed by atoms with Crippen molar-refractivity contribution in [2.24, 2.45) is 0 Å². The molecule has 3 rings (SSSR count). The molecule has 3 heterocycles. The van der Waals surface area contributed by atoms with Crippen LogP contribution in [0.1, 0.15) is 6.23 Å². The van der Waals surface area contributed by atoms with Crippen molar-refractivity contribution < 1.29 is 18.9 Å². The Morgan fingerprint density at radius 1 is 1.55 bits per heavy atom. The minimum atomic E-state index is -2.68. The maximum atomic E-state index is 11.9. The first-order valence-electron chi connectivity index (χ1n) is 5.72. The van der Waals surface area contributed by atoms with Crippen LogP contribution in [-0.4, -0.2) is 39.6 Å². The van der Waals surface area contributed by atoms with Gasteiger partial charge in [0.15, 0.2) is 18.4 Å². The molecule has 11 heteroatoms. The fourth-order valence-electron chi connectivity index (χ4n) is 2.27. The first kappa shape index (κ1) is 14.6. The molecule has 0 radical (unpaired) electrons. The van der Waals surface area contributed by atoms with Gasteiger partial charge in [0, 0.05) is 18.4 Å². The summed E-state index contributed by atoms with van der Waals surface area (Å²) >= 11 is 9.24. The van der Waals surface area contributed by atoms with E-state index in [2.05, 4.69) is 17.2 Å². The number of aromatic nitrogens is 2. The quantitative estimate of drug-likeness (QED) is 0.382. The van der Waals surface area contributed by atoms with Crippen LogP contribution in [0.15, 0.2) is 17.1 Å². The van der Waals surface area contributed by atoms with Gasteiger partial charge in [-0.2, -0.15) is 4.98 Å². The molecule has 0 spiro atoms. The Bertz CT molecular complexity index is 585. The molecular weight excluding hydrogens is 325 g/mol. The van der Waals surface area contributed by atoms with Crippen molar-refractivity contribution >= 4 is 36.4 Å². The maximum Gasteiger partial charge on any atom is 0.351 e. The van der Waals surface area contributed by atoms with Gasteiger partial charge in [0.2, 0.25) is 6.12 Å². The number of fused-ring (bicyclic) bond motifs is 1. The molecule has 0 aromatic carbocycles. The molecule has 1 aromatic heterocycles. The highest BCUT2D eigenvalue weighted by atomic mass is 33.1. The highest BCUT2D eigenvalue weighted by Gasteiger charge is 2.59. The van der Waals surface area contributed by atoms with E-state index in [1.165, 1.54) is 16.8 Å². The van der Waals surface area contributed by atoms with Crippen LogP contribution in [0.4, 0.5) is 5.82 Å². The Hall–Kier alpha value is -0.350. The van der Waals surface area contributed by atoms with Gasteiger partial charge in [-0.15, -0.1) is 0 Å². The van der Waals surface area contributed by atoms with E-state index in [1.54, 1.807) is 0 Å². The van der Waals surface area contributed by atoms with Gasteiger partial charge in [0.25, 0.3) is 0 Å². The second-order valence-corrected chi connectivity index (χ2v) is 9.59. The van der Waals surface area contributed by atoms with Crippen molar-refractivity contribution in [3.05, 3.63) is 22.7 Å². The maximum absolute atomic E-state index is 11.9. The van der Waals surface area contributed by atoms with Crippen molar-refractivity contribution in [2.75, 3.05) is 12.3 Å². The molecule has 1 unspecified atom stereocenters. The average Bonchev–Trinajstić information content (AvgIpc) is 2.83. The number of nitrogens with zero attached hydrogens (tertiary/aromatic N) is 2. The zero-order valence-corrected chi connectivity index (χ0v) is 12.6. The van der Waals surface area contributed by atoms with E-state index in [4.69, 9.17) is 31.8 Å². The number of nitrogen functional groups attached to an aromatic ring is 1. The SMILES string of the molecule is Nc1ccn([C@@H]2O[C@H](CO)[C@H]3O[P+]([S-])(S)O[C@H]32)c(=O)n1. The van der Waals surface area contributed by atoms with Crippen LogP contribution in [0.3, 0.4) is 0 Å². The second-order valence-electron chi connectivity index (χ2n) is 4.40. The van der Waals surface area contributed by atoms with Crippen LogP contribution >= 0.6 is 18.4 Å². The summed E-state index contributed by atoms with van der Waals surface area (Å²) in [5.41, 5.74) is 4.87. The number of ether oxygens (including phenoxy) is 1. The molecular formula is C9H12N3O5PS2. The summed E-state index contributed by atoms with van der Waals surface area (Å²) in [6, 6.07) is 1.47. The van der Waals surface area contributed by atoms with Crippen LogP contribution in [-0.2, 0) is 26.0 Å². The van der Waals surface area contributed by atoms with E-state index < -0.39 is 36.3 Å². The number of hydrogen-bond donors (Lipinski definition) is 3. The lowest BCUT2D eigenvalue weighted by atomic mass is 10.1. The lowest BCUT2D eigenvalue weighted by molar-refractivity contribution is -0.0564. The summed E-state index contributed by atoms with van der Waals surface area (Å²) in [4.78, 5) is 15.5. The van der Waals surface area contributed by atoms with Crippen molar-refractivity contribution in [1.29, 1.82) is 0 Å². The molecule has 2 aliphatic heterocycles. The van der Waals surface area contributed by atoms with Gasteiger partial charge in [0.1, 0.15) is 11.9 Å². The van der Waals surface area contributed by atoms with E-state index in [0.29, 0.717) is 0 Å². The smallest absolute Gasteiger partial charge is 0.351 e. The van der Waals surface area contributed by atoms with Crippen molar-refractivity contribution in [3.63, 3.8) is 0 Å². The minimum Gasteiger partial charge on any atom is -0.480 e. The fraction of sp³-hybridized carbons (Fsp3) is 0.556. The van der Waals surface area contributed by atoms with Crippen LogP contribution < -0.4 is 11.4 Å². The summed E-state index contributed by atoms with van der Waals surface area (Å²) in [5.74, 6) is 0.113. The molecule has 2 saturated heterocycles. The van der Waals surface area contributed by atoms with E-state index in [0.717, 1.165) is 0 Å². The molecule has 2 fully saturated rings. The molecule has 5 atom stereocenters. The van der Waals surface area contributed by atoms with E-state index in [-0.39, 0.29) is 12.4 Å². The number of hydrogen-bond acceptors (Lipinski definition) is 9. The fourth-order valence-corrected chi connectivity index (χ4v) is 4.66. The number of nitrogens with two attached hydrogens (primary N) is 1. The Balaban J connectivity index is 1.96. The Morgan fingerprint density at radius 3 is 2.90 bits per heavy atom. The number of rotatable bonds is 2. The van der Waals surface area contributed by atoms with Crippen molar-refractivity contribution in [3.8, 4) is 0 Å². The molecule has 2 aliphatic rings. The zero-order valence-electron chi connectivity index (χ0n) is 10.0. The lowest BCUT2D eigenvalue weighted by Crippen LogP contribution is -2.34. The second kappa shape index (κ2) is 5.13. The lowest BCUT2D eigenvalue weighted by Gasteiger charge is -2.22. The predicted molar refractivity (Wildman–Crippen MR) is 76.9 cm³/mol. The van der Waals surface area contributed by atoms with Crippen molar-refractivity contribution in [2.45, 2.75) is 24.5 Å². The summed E-state index contributed by atoms with van der Waals surface area (Å²) in [6.07, 6.45) is -3.81. The van der Waals surface area contributed by atoms with Gasteiger partial charge in [-0.05, 0) is 6.07 Å². The molecule has 0 bridgehead atoms. The molecule has 0 saturated carbocycles. The number of anilines is 1. The largest absolute Gasteiger partial charge is 0.480 e. The molecule has 3 N–H and O–H groups in total. The molecule has 1 aromatic rings. The van der Waals surface area contributed by atoms with E-state index in [9.17, 15) is 9.90 Å². The number of aliphatic hydroxyl groups excluding tert-OH is 1. The summed E-state index contributed by atoms with van der Waals surface area (Å²) in [7, 11) is 0. The molecule has 0 amide bonds. The zero-order chi connectivity index (χ0) is 14.5. The van der Waals surface area contributed by atoms with Gasteiger partial charge >= 0.3 is 5.69 Å². The highest BCUT2D eigenvalue weighted by Crippen LogP contribution is 2.72. The normalized spacial score (nSPS) is 40.0. The minimum absolute atomic E-state index is 0.113. The number of thiol groups is 1. The van der Waals surface area contributed by atoms with Gasteiger partial charge in [-0.1, -0.05) is 0 Å². The van der Waals surface area contributed by atoms with Crippen molar-refractivity contribution in [1.82, 2.24) is 9.55 Å². The third-order valence-electron chi connectivity index (χ3n) is 3.10. The Labute approximate surface area is 125 Å². The van der Waals surface area contributed by atoms with Crippen LogP contribution in [0.5, 0.6) is 0 Å². The molecule has 0 aliphatic carbocycles. The van der Waals surface area contributed by atoms with Crippen LogP contribution in [0, 0.1) is 0 Å². The number of aliphatic hydroxyl groups is 1. The first-order chi connectivity index (χ1) is 9.41. The molecule has 110 valence electrons. The third-order valence-corrected chi connectivity index (χ3v) is 5.20. The predicted octanol–water partition coefficient (Wildman–Crippen LogP) is -0.346. The monoisotopic (exact) mass is 337 g/mol. The van der Waals surface area contributed by atoms with E-state index in [1.807, 2.05) is 0 Å². The van der Waals surface area contributed by atoms with Gasteiger partial charge < -0.3 is 27.8 Å². The summed E-state index contributed by atoms with van der Waals surface area (Å²) in [6.45, 7) is -0.276. The molecule has 20 heavy (non-hydrogen) atoms. The van der Waals surface area contributed by atoms with Gasteiger partial charge in [-0.25, -0.2) is 13.8 Å².